The summed E-state index contributed by atoms with van der Waals surface area (Å²) in [5.74, 6) is -0.685. The van der Waals surface area contributed by atoms with Crippen LogP contribution in [0.5, 0.6) is 0 Å². The number of aromatic nitrogens is 2. The van der Waals surface area contributed by atoms with Crippen molar-refractivity contribution in [2.45, 2.75) is 0 Å². The number of carbonyl (C=O) groups excluding carboxylic acids is 1. The number of nitrogens with one attached hydrogen (secondary N) is 1. The highest BCUT2D eigenvalue weighted by molar-refractivity contribution is 7.22. The molecule has 0 spiro atoms. The van der Waals surface area contributed by atoms with Gasteiger partial charge in [-0.15, -0.1) is 0 Å². The molecule has 2 aromatic heterocycles. The third-order valence-corrected chi connectivity index (χ3v) is 5.01. The number of fused-ring (bicyclic) bond motifs is 2. The molecule has 2 aromatic carbocycles. The van der Waals surface area contributed by atoms with E-state index in [1.165, 1.54) is 17.4 Å². The van der Waals surface area contributed by atoms with E-state index in [9.17, 15) is 9.18 Å². The van der Waals surface area contributed by atoms with Crippen LogP contribution >= 0.6 is 22.9 Å². The van der Waals surface area contributed by atoms with Gasteiger partial charge in [0, 0.05) is 17.5 Å². The van der Waals surface area contributed by atoms with Crippen molar-refractivity contribution in [1.29, 1.82) is 0 Å². The maximum Gasteiger partial charge on any atom is 0.274 e. The first-order valence-corrected chi connectivity index (χ1v) is 8.34. The Morgan fingerprint density at radius 3 is 2.92 bits per heavy atom. The third-order valence-electron chi connectivity index (χ3n) is 3.84. The molecule has 0 atom stereocenters. The van der Waals surface area contributed by atoms with E-state index in [-0.39, 0.29) is 11.7 Å². The van der Waals surface area contributed by atoms with E-state index in [0.717, 1.165) is 10.2 Å². The molecule has 0 fully saturated rings. The van der Waals surface area contributed by atoms with E-state index in [4.69, 9.17) is 11.6 Å². The molecule has 4 aromatic rings. The zero-order valence-electron chi connectivity index (χ0n) is 12.5. The first-order chi connectivity index (χ1) is 11.5. The van der Waals surface area contributed by atoms with Gasteiger partial charge in [0.15, 0.2) is 5.13 Å². The average Bonchev–Trinajstić information content (AvgIpc) is 3.09. The standard InChI is InChI=1S/C17H11ClFN3OS/c1-22-13-4-2-3-11(19)10(13)8-14(22)16(23)21-17-20-12-6-5-9(18)7-15(12)24-17/h2-8H,1H3,(H,20,21,23). The van der Waals surface area contributed by atoms with Crippen molar-refractivity contribution in [3.8, 4) is 0 Å². The Hall–Kier alpha value is -2.44. The van der Waals surface area contributed by atoms with Crippen LogP contribution in [0.3, 0.4) is 0 Å². The van der Waals surface area contributed by atoms with Gasteiger partial charge >= 0.3 is 0 Å². The van der Waals surface area contributed by atoms with Gasteiger partial charge in [-0.1, -0.05) is 29.0 Å². The van der Waals surface area contributed by atoms with Crippen molar-refractivity contribution in [2.24, 2.45) is 7.05 Å². The number of benzene rings is 2. The van der Waals surface area contributed by atoms with Crippen molar-refractivity contribution >= 4 is 55.1 Å². The predicted molar refractivity (Wildman–Crippen MR) is 95.5 cm³/mol. The number of carbonyl (C=O) groups is 1. The smallest absolute Gasteiger partial charge is 0.274 e. The molecule has 7 heteroatoms. The van der Waals surface area contributed by atoms with Gasteiger partial charge in [0.05, 0.1) is 15.7 Å². The Kier molecular flexibility index (Phi) is 3.51. The quantitative estimate of drug-likeness (QED) is 0.557. The van der Waals surface area contributed by atoms with E-state index in [1.54, 1.807) is 48.0 Å². The van der Waals surface area contributed by atoms with Crippen molar-refractivity contribution in [3.05, 3.63) is 59.0 Å². The lowest BCUT2D eigenvalue weighted by Gasteiger charge is -2.03. The van der Waals surface area contributed by atoms with Crippen LogP contribution in [0.1, 0.15) is 10.5 Å². The van der Waals surface area contributed by atoms with Gasteiger partial charge in [-0.2, -0.15) is 0 Å². The number of nitrogens with zero attached hydrogens (tertiary/aromatic N) is 2. The van der Waals surface area contributed by atoms with Crippen LogP contribution in [-0.4, -0.2) is 15.5 Å². The van der Waals surface area contributed by atoms with E-state index in [0.29, 0.717) is 26.8 Å². The minimum absolute atomic E-state index is 0.335. The predicted octanol–water partition coefficient (Wildman–Crippen LogP) is 4.83. The summed E-state index contributed by atoms with van der Waals surface area (Å²) in [4.78, 5) is 16.9. The molecule has 24 heavy (non-hydrogen) atoms. The number of aryl methyl sites for hydroxylation is 1. The Labute approximate surface area is 145 Å². The van der Waals surface area contributed by atoms with Crippen LogP contribution in [0.2, 0.25) is 5.02 Å². The second-order valence-corrected chi connectivity index (χ2v) is 6.81. The molecule has 0 bridgehead atoms. The number of hydrogen-bond acceptors (Lipinski definition) is 3. The summed E-state index contributed by atoms with van der Waals surface area (Å²) in [6.07, 6.45) is 0. The van der Waals surface area contributed by atoms with Gasteiger partial charge < -0.3 is 4.57 Å². The summed E-state index contributed by atoms with van der Waals surface area (Å²) in [5.41, 5.74) is 1.80. The van der Waals surface area contributed by atoms with Crippen molar-refractivity contribution in [2.75, 3.05) is 5.32 Å². The average molecular weight is 360 g/mol. The molecule has 1 amide bonds. The molecule has 120 valence electrons. The van der Waals surface area contributed by atoms with E-state index < -0.39 is 0 Å². The second-order valence-electron chi connectivity index (χ2n) is 5.35. The van der Waals surface area contributed by atoms with E-state index >= 15 is 0 Å². The molecule has 0 unspecified atom stereocenters. The molecule has 0 saturated heterocycles. The van der Waals surface area contributed by atoms with Gasteiger partial charge in [-0.25, -0.2) is 9.37 Å². The van der Waals surface area contributed by atoms with Crippen LogP contribution in [0.25, 0.3) is 21.1 Å². The van der Waals surface area contributed by atoms with Gasteiger partial charge in [0.1, 0.15) is 11.5 Å². The highest BCUT2D eigenvalue weighted by Gasteiger charge is 2.17. The van der Waals surface area contributed by atoms with Crippen LogP contribution in [-0.2, 0) is 7.05 Å². The topological polar surface area (TPSA) is 46.9 Å². The molecular weight excluding hydrogens is 349 g/mol. The van der Waals surface area contributed by atoms with Crippen molar-refractivity contribution in [1.82, 2.24) is 9.55 Å². The van der Waals surface area contributed by atoms with Crippen LogP contribution in [0.4, 0.5) is 9.52 Å². The molecule has 4 nitrogen and oxygen atoms in total. The Morgan fingerprint density at radius 1 is 1.29 bits per heavy atom. The minimum atomic E-state index is -0.350. The van der Waals surface area contributed by atoms with E-state index in [2.05, 4.69) is 10.3 Å². The lowest BCUT2D eigenvalue weighted by molar-refractivity contribution is 0.102. The van der Waals surface area contributed by atoms with E-state index in [1.807, 2.05) is 0 Å². The molecule has 0 radical (unpaired) electrons. The zero-order valence-corrected chi connectivity index (χ0v) is 14.1. The highest BCUT2D eigenvalue weighted by Crippen LogP contribution is 2.29. The number of rotatable bonds is 2. The fourth-order valence-corrected chi connectivity index (χ4v) is 3.79. The highest BCUT2D eigenvalue weighted by atomic mass is 35.5. The number of anilines is 1. The summed E-state index contributed by atoms with van der Waals surface area (Å²) in [6, 6.07) is 11.7. The van der Waals surface area contributed by atoms with Crippen LogP contribution in [0, 0.1) is 5.82 Å². The summed E-state index contributed by atoms with van der Waals surface area (Å²) in [6.45, 7) is 0. The van der Waals surface area contributed by atoms with Crippen LogP contribution < -0.4 is 5.32 Å². The second kappa shape index (κ2) is 5.58. The summed E-state index contributed by atoms with van der Waals surface area (Å²) >= 11 is 7.30. The molecule has 2 heterocycles. The van der Waals surface area contributed by atoms with Gasteiger partial charge in [-0.05, 0) is 36.4 Å². The first kappa shape index (κ1) is 15.1. The Balaban J connectivity index is 1.70. The van der Waals surface area contributed by atoms with Gasteiger partial charge in [0.25, 0.3) is 5.91 Å². The minimum Gasteiger partial charge on any atom is -0.340 e. The van der Waals surface area contributed by atoms with Gasteiger partial charge in [-0.3, -0.25) is 10.1 Å². The summed E-state index contributed by atoms with van der Waals surface area (Å²) < 4.78 is 16.4. The largest absolute Gasteiger partial charge is 0.340 e. The van der Waals surface area contributed by atoms with Crippen molar-refractivity contribution < 1.29 is 9.18 Å². The lowest BCUT2D eigenvalue weighted by atomic mass is 10.2. The summed E-state index contributed by atoms with van der Waals surface area (Å²) in [5, 5.41) is 4.28. The molecule has 0 aliphatic carbocycles. The fraction of sp³-hybridized carbons (Fsp3) is 0.0588. The maximum atomic E-state index is 13.9. The molecule has 4 rings (SSSR count). The van der Waals surface area contributed by atoms with Crippen molar-refractivity contribution in [3.63, 3.8) is 0 Å². The molecule has 0 saturated carbocycles. The summed E-state index contributed by atoms with van der Waals surface area (Å²) in [7, 11) is 1.73. The number of hydrogen-bond donors (Lipinski definition) is 1. The first-order valence-electron chi connectivity index (χ1n) is 7.14. The number of amides is 1. The molecule has 0 aliphatic rings. The fourth-order valence-electron chi connectivity index (χ4n) is 2.66. The molecule has 1 N–H and O–H groups in total. The molecule has 0 aliphatic heterocycles. The Bertz CT molecular complexity index is 1100. The monoisotopic (exact) mass is 359 g/mol. The Morgan fingerprint density at radius 2 is 2.12 bits per heavy atom. The number of halogens is 2. The molecular formula is C17H11ClFN3OS. The lowest BCUT2D eigenvalue weighted by Crippen LogP contribution is -2.15. The SMILES string of the molecule is Cn1c(C(=O)Nc2nc3ccc(Cl)cc3s2)cc2c(F)cccc21. The van der Waals surface area contributed by atoms with Gasteiger partial charge in [0.2, 0.25) is 0 Å². The zero-order chi connectivity index (χ0) is 16.8. The normalized spacial score (nSPS) is 11.3. The third kappa shape index (κ3) is 2.44. The van der Waals surface area contributed by atoms with Crippen LogP contribution in [0.15, 0.2) is 42.5 Å². The maximum absolute atomic E-state index is 13.9. The number of thiazole rings is 1.